The van der Waals surface area contributed by atoms with Crippen LogP contribution in [-0.2, 0) is 6.54 Å². The molecule has 0 bridgehead atoms. The zero-order chi connectivity index (χ0) is 15.2. The average Bonchev–Trinajstić information content (AvgIpc) is 2.97. The van der Waals surface area contributed by atoms with Crippen LogP contribution in [0.4, 0.5) is 0 Å². The number of nitrogens with one attached hydrogen (secondary N) is 1. The van der Waals surface area contributed by atoms with Crippen LogP contribution in [0.15, 0.2) is 30.3 Å². The van der Waals surface area contributed by atoms with Crippen molar-refractivity contribution < 1.29 is 9.53 Å². The Morgan fingerprint density at radius 3 is 2.81 bits per heavy atom. The van der Waals surface area contributed by atoms with E-state index in [4.69, 9.17) is 4.74 Å². The van der Waals surface area contributed by atoms with Crippen molar-refractivity contribution >= 4 is 5.91 Å². The fraction of sp³-hybridized carbons (Fsp3) is 0.375. The van der Waals surface area contributed by atoms with Gasteiger partial charge in [-0.2, -0.15) is 5.10 Å². The standard InChI is InChI=1S/C16H21N3O2/c1-4-9-17-16(20)14-11-15(19(5-2)18-14)12-7-6-8-13(10-12)21-3/h6-8,10-11H,4-5,9H2,1-3H3,(H,17,20). The fourth-order valence-electron chi connectivity index (χ4n) is 2.11. The summed E-state index contributed by atoms with van der Waals surface area (Å²) >= 11 is 0. The van der Waals surface area contributed by atoms with Crippen molar-refractivity contribution in [3.8, 4) is 17.0 Å². The summed E-state index contributed by atoms with van der Waals surface area (Å²) in [5.41, 5.74) is 2.35. The maximum absolute atomic E-state index is 12.0. The first-order valence-electron chi connectivity index (χ1n) is 7.20. The highest BCUT2D eigenvalue weighted by atomic mass is 16.5. The van der Waals surface area contributed by atoms with E-state index in [0.29, 0.717) is 18.8 Å². The first kappa shape index (κ1) is 15.1. The van der Waals surface area contributed by atoms with Crippen LogP contribution in [0.5, 0.6) is 5.75 Å². The molecule has 0 radical (unpaired) electrons. The SMILES string of the molecule is CCCNC(=O)c1cc(-c2cccc(OC)c2)n(CC)n1. The Hall–Kier alpha value is -2.30. The van der Waals surface area contributed by atoms with Gasteiger partial charge in [0.05, 0.1) is 12.8 Å². The number of aryl methyl sites for hydroxylation is 1. The maximum atomic E-state index is 12.0. The summed E-state index contributed by atoms with van der Waals surface area (Å²) in [6, 6.07) is 9.57. The van der Waals surface area contributed by atoms with Gasteiger partial charge < -0.3 is 10.1 Å². The van der Waals surface area contributed by atoms with Gasteiger partial charge in [0.25, 0.3) is 5.91 Å². The number of rotatable bonds is 6. The largest absolute Gasteiger partial charge is 0.497 e. The zero-order valence-electron chi connectivity index (χ0n) is 12.7. The molecule has 0 fully saturated rings. The highest BCUT2D eigenvalue weighted by Gasteiger charge is 2.14. The lowest BCUT2D eigenvalue weighted by atomic mass is 10.1. The van der Waals surface area contributed by atoms with Gasteiger partial charge >= 0.3 is 0 Å². The smallest absolute Gasteiger partial charge is 0.271 e. The van der Waals surface area contributed by atoms with Crippen LogP contribution in [0.25, 0.3) is 11.3 Å². The summed E-state index contributed by atoms with van der Waals surface area (Å²) in [6.07, 6.45) is 0.906. The number of hydrogen-bond donors (Lipinski definition) is 1. The third kappa shape index (κ3) is 3.42. The van der Waals surface area contributed by atoms with Crippen molar-refractivity contribution in [3.05, 3.63) is 36.0 Å². The minimum absolute atomic E-state index is 0.131. The third-order valence-corrected chi connectivity index (χ3v) is 3.21. The van der Waals surface area contributed by atoms with Crippen LogP contribution >= 0.6 is 0 Å². The Balaban J connectivity index is 2.34. The summed E-state index contributed by atoms with van der Waals surface area (Å²) in [5.74, 6) is 0.654. The molecule has 1 amide bonds. The molecule has 2 rings (SSSR count). The van der Waals surface area contributed by atoms with Crippen LogP contribution < -0.4 is 10.1 Å². The predicted octanol–water partition coefficient (Wildman–Crippen LogP) is 2.72. The normalized spacial score (nSPS) is 10.4. The molecule has 0 atom stereocenters. The van der Waals surface area contributed by atoms with Gasteiger partial charge in [0, 0.05) is 18.7 Å². The van der Waals surface area contributed by atoms with Crippen LogP contribution in [-0.4, -0.2) is 29.3 Å². The van der Waals surface area contributed by atoms with E-state index in [0.717, 1.165) is 23.4 Å². The maximum Gasteiger partial charge on any atom is 0.271 e. The van der Waals surface area contributed by atoms with E-state index in [9.17, 15) is 4.79 Å². The number of amides is 1. The van der Waals surface area contributed by atoms with Crippen molar-refractivity contribution in [1.29, 1.82) is 0 Å². The lowest BCUT2D eigenvalue weighted by Crippen LogP contribution is -2.24. The minimum atomic E-state index is -0.131. The first-order valence-corrected chi connectivity index (χ1v) is 7.20. The molecule has 1 heterocycles. The number of carbonyl (C=O) groups excluding carboxylic acids is 1. The van der Waals surface area contributed by atoms with Gasteiger partial charge in [-0.15, -0.1) is 0 Å². The van der Waals surface area contributed by atoms with Crippen LogP contribution in [0.3, 0.4) is 0 Å². The van der Waals surface area contributed by atoms with Crippen molar-refractivity contribution in [2.45, 2.75) is 26.8 Å². The number of hydrogen-bond acceptors (Lipinski definition) is 3. The van der Waals surface area contributed by atoms with Crippen molar-refractivity contribution in [1.82, 2.24) is 15.1 Å². The Bertz CT molecular complexity index is 620. The van der Waals surface area contributed by atoms with Gasteiger partial charge in [-0.3, -0.25) is 9.48 Å². The predicted molar refractivity (Wildman–Crippen MR) is 82.5 cm³/mol. The Morgan fingerprint density at radius 2 is 2.14 bits per heavy atom. The van der Waals surface area contributed by atoms with Crippen LogP contribution in [0.1, 0.15) is 30.8 Å². The molecular weight excluding hydrogens is 266 g/mol. The Kier molecular flexibility index (Phi) is 4.98. The molecule has 1 aromatic heterocycles. The molecule has 21 heavy (non-hydrogen) atoms. The molecule has 0 aliphatic rings. The highest BCUT2D eigenvalue weighted by molar-refractivity contribution is 5.93. The second-order valence-corrected chi connectivity index (χ2v) is 4.72. The molecule has 1 N–H and O–H groups in total. The first-order chi connectivity index (χ1) is 10.2. The van der Waals surface area contributed by atoms with E-state index in [-0.39, 0.29) is 5.91 Å². The van der Waals surface area contributed by atoms with E-state index in [1.807, 2.05) is 48.9 Å². The molecule has 5 nitrogen and oxygen atoms in total. The number of methoxy groups -OCH3 is 1. The van der Waals surface area contributed by atoms with E-state index in [2.05, 4.69) is 10.4 Å². The molecule has 0 aliphatic heterocycles. The highest BCUT2D eigenvalue weighted by Crippen LogP contribution is 2.24. The van der Waals surface area contributed by atoms with Gasteiger partial charge in [-0.05, 0) is 31.5 Å². The number of nitrogens with zero attached hydrogens (tertiary/aromatic N) is 2. The van der Waals surface area contributed by atoms with Crippen molar-refractivity contribution in [2.24, 2.45) is 0 Å². The topological polar surface area (TPSA) is 56.1 Å². The molecule has 1 aromatic carbocycles. The lowest BCUT2D eigenvalue weighted by Gasteiger charge is -2.06. The summed E-state index contributed by atoms with van der Waals surface area (Å²) in [4.78, 5) is 12.0. The van der Waals surface area contributed by atoms with Gasteiger partial charge in [0.1, 0.15) is 5.75 Å². The Morgan fingerprint density at radius 1 is 1.33 bits per heavy atom. The molecule has 2 aromatic rings. The van der Waals surface area contributed by atoms with E-state index in [1.165, 1.54) is 0 Å². The summed E-state index contributed by atoms with van der Waals surface area (Å²) < 4.78 is 7.08. The molecule has 0 unspecified atom stereocenters. The summed E-state index contributed by atoms with van der Waals surface area (Å²) in [6.45, 7) is 5.39. The summed E-state index contributed by atoms with van der Waals surface area (Å²) in [7, 11) is 1.64. The van der Waals surface area contributed by atoms with Crippen LogP contribution in [0, 0.1) is 0 Å². The van der Waals surface area contributed by atoms with Gasteiger partial charge in [-0.25, -0.2) is 0 Å². The average molecular weight is 287 g/mol. The molecule has 112 valence electrons. The molecule has 5 heteroatoms. The summed E-state index contributed by atoms with van der Waals surface area (Å²) in [5, 5.41) is 7.23. The quantitative estimate of drug-likeness (QED) is 0.888. The molecule has 0 saturated carbocycles. The van der Waals surface area contributed by atoms with E-state index in [1.54, 1.807) is 7.11 Å². The lowest BCUT2D eigenvalue weighted by molar-refractivity contribution is 0.0948. The monoisotopic (exact) mass is 287 g/mol. The second kappa shape index (κ2) is 6.92. The van der Waals surface area contributed by atoms with Crippen molar-refractivity contribution in [2.75, 3.05) is 13.7 Å². The zero-order valence-corrected chi connectivity index (χ0v) is 12.7. The van der Waals surface area contributed by atoms with Gasteiger partial charge in [0.2, 0.25) is 0 Å². The van der Waals surface area contributed by atoms with E-state index >= 15 is 0 Å². The number of ether oxygens (including phenoxy) is 1. The number of benzene rings is 1. The Labute approximate surface area is 124 Å². The molecule has 0 saturated heterocycles. The molecule has 0 spiro atoms. The van der Waals surface area contributed by atoms with Crippen molar-refractivity contribution in [3.63, 3.8) is 0 Å². The fourth-order valence-corrected chi connectivity index (χ4v) is 2.11. The number of carbonyl (C=O) groups is 1. The van der Waals surface area contributed by atoms with E-state index < -0.39 is 0 Å². The number of aromatic nitrogens is 2. The van der Waals surface area contributed by atoms with Crippen LogP contribution in [0.2, 0.25) is 0 Å². The second-order valence-electron chi connectivity index (χ2n) is 4.72. The van der Waals surface area contributed by atoms with Gasteiger partial charge in [0.15, 0.2) is 5.69 Å². The third-order valence-electron chi connectivity index (χ3n) is 3.21. The molecular formula is C16H21N3O2. The minimum Gasteiger partial charge on any atom is -0.497 e. The van der Waals surface area contributed by atoms with Gasteiger partial charge in [-0.1, -0.05) is 19.1 Å². The molecule has 0 aliphatic carbocycles.